The third kappa shape index (κ3) is 36.4. The number of nitrogens with one attached hydrogen (secondary N) is 2. The fourth-order valence-electron chi connectivity index (χ4n) is 7.09. The first-order chi connectivity index (χ1) is 27.4. The van der Waals surface area contributed by atoms with Crippen molar-refractivity contribution in [1.82, 2.24) is 10.6 Å². The van der Waals surface area contributed by atoms with Crippen LogP contribution in [0.25, 0.3) is 0 Å². The quantitative estimate of drug-likeness (QED) is 0.0302. The van der Waals surface area contributed by atoms with Gasteiger partial charge in [0.1, 0.15) is 41.9 Å². The Bertz CT molecular complexity index is 1620. The van der Waals surface area contributed by atoms with Crippen LogP contribution in [0.5, 0.6) is 11.5 Å². The predicted octanol–water partition coefficient (Wildman–Crippen LogP) is -9.21. The molecule has 0 bridgehead atoms. The van der Waals surface area contributed by atoms with E-state index in [1.54, 1.807) is 24.3 Å². The van der Waals surface area contributed by atoms with Crippen LogP contribution in [0.15, 0.2) is 48.5 Å². The molecular weight excluding hydrogens is 1010 g/mol. The van der Waals surface area contributed by atoms with E-state index in [-0.39, 0.29) is 131 Å². The molecule has 0 saturated heterocycles. The first kappa shape index (κ1) is 71.7. The molecule has 2 aromatic carbocycles. The Morgan fingerprint density at radius 1 is 0.531 bits per heavy atom. The molecule has 2 aromatic rings. The van der Waals surface area contributed by atoms with Gasteiger partial charge in [-0.2, -0.15) is 0 Å². The molecule has 0 radical (unpaired) electrons. The largest absolute Gasteiger partial charge is 1.00 e. The smallest absolute Gasteiger partial charge is 0.779 e. The van der Waals surface area contributed by atoms with E-state index >= 15 is 0 Å². The standard InChI is InChI=1S/C36H72N2O14P4Si4.4Na/c1-58(2,29-51-35-13-9-31(10-14-35)23-37-33(25-53(39,40)41)26-54(42,43)44)18-7-21-60(5,20-6-17-57)22-8-19-59(3,4)30-52-36-15-11-32(12-16-36)24-38-34(27-55(45,46)47)28-56(48,49)50;;;;/h9-16,33-34,37-38H,6-8,17-30H2,1-5,57H3,(H2,39,40,41)(H2,42,43,44)(H2,45,46,47)(H2,48,49,50);;;;/q;4*+1/p-4. The average molecular weight is 1080 g/mol. The predicted molar refractivity (Wildman–Crippen MR) is 243 cm³/mol. The molecular formula is C36H68N2Na4O14P4Si4. The van der Waals surface area contributed by atoms with Gasteiger partial charge in [0.05, 0.1) is 36.7 Å². The SMILES string of the molecule is C[Si](C)(CCC[Si](C)(CCC[SiH3])CCC[Si](C)(C)COc1ccc(CNC(CP(=O)([O-])O)CP(=O)([O-])O)cc1)COc1ccc(CNC(CP(=O)([O-])O)CP(=O)([O-])O)cc1.[Na+].[Na+].[Na+].[Na+]. The topological polar surface area (TPSA) is 284 Å². The normalized spacial score (nSPS) is 17.5. The van der Waals surface area contributed by atoms with Gasteiger partial charge in [-0.3, -0.25) is 0 Å². The molecule has 0 aliphatic rings. The third-order valence-electron chi connectivity index (χ3n) is 10.5. The van der Waals surface area contributed by atoms with Gasteiger partial charge in [0.15, 0.2) is 0 Å². The van der Waals surface area contributed by atoms with Crippen LogP contribution < -0.4 is 158 Å². The van der Waals surface area contributed by atoms with Crippen molar-refractivity contribution >= 4 is 64.8 Å². The Morgan fingerprint density at radius 3 is 1.08 bits per heavy atom. The van der Waals surface area contributed by atoms with Crippen molar-refractivity contribution in [2.75, 3.05) is 37.1 Å². The molecule has 4 atom stereocenters. The molecule has 2 rings (SSSR count). The summed E-state index contributed by atoms with van der Waals surface area (Å²) in [5.41, 5.74) is 1.52. The molecule has 0 aromatic heterocycles. The fraction of sp³-hybridized carbons (Fsp3) is 0.667. The molecule has 28 heteroatoms. The van der Waals surface area contributed by atoms with E-state index in [0.29, 0.717) is 24.0 Å². The summed E-state index contributed by atoms with van der Waals surface area (Å²) in [4.78, 5) is 82.0. The van der Waals surface area contributed by atoms with Crippen LogP contribution in [-0.4, -0.2) is 103 Å². The van der Waals surface area contributed by atoms with Gasteiger partial charge < -0.3 is 77.5 Å². The molecule has 0 fully saturated rings. The van der Waals surface area contributed by atoms with Gasteiger partial charge in [0.25, 0.3) is 0 Å². The Hall–Kier alpha value is 3.43. The van der Waals surface area contributed by atoms with E-state index < -0.39 is 91.3 Å². The van der Waals surface area contributed by atoms with Crippen LogP contribution in [0, 0.1) is 0 Å². The zero-order chi connectivity index (χ0) is 45.5. The van der Waals surface area contributed by atoms with Crippen molar-refractivity contribution in [3.8, 4) is 11.5 Å². The van der Waals surface area contributed by atoms with E-state index in [1.807, 2.05) is 24.3 Å². The summed E-state index contributed by atoms with van der Waals surface area (Å²) in [6.45, 7) is 12.3. The number of hydrogen-bond donors (Lipinski definition) is 6. The molecule has 0 amide bonds. The molecule has 0 aliphatic carbocycles. The Labute approximate surface area is 476 Å². The van der Waals surface area contributed by atoms with E-state index in [4.69, 9.17) is 9.47 Å². The number of rotatable bonds is 31. The monoisotopic (exact) mass is 1080 g/mol. The summed E-state index contributed by atoms with van der Waals surface area (Å²) in [5, 5.41) is 5.58. The molecule has 0 saturated carbocycles. The molecule has 6 N–H and O–H groups in total. The third-order valence-corrected chi connectivity index (χ3v) is 24.8. The zero-order valence-electron chi connectivity index (χ0n) is 40.0. The maximum atomic E-state index is 11.3. The van der Waals surface area contributed by atoms with Gasteiger partial charge in [-0.05, 0) is 35.4 Å². The van der Waals surface area contributed by atoms with Crippen LogP contribution in [0.2, 0.25) is 69.0 Å². The summed E-state index contributed by atoms with van der Waals surface area (Å²) in [5.74, 6) is 1.43. The van der Waals surface area contributed by atoms with Crippen LogP contribution >= 0.6 is 30.4 Å². The zero-order valence-corrected chi connectivity index (χ0v) is 56.5. The molecule has 16 nitrogen and oxygen atoms in total. The van der Waals surface area contributed by atoms with Gasteiger partial charge >= 0.3 is 118 Å². The van der Waals surface area contributed by atoms with Crippen molar-refractivity contribution in [1.29, 1.82) is 0 Å². The van der Waals surface area contributed by atoms with Crippen molar-refractivity contribution in [3.63, 3.8) is 0 Å². The molecule has 0 heterocycles. The minimum Gasteiger partial charge on any atom is -0.779 e. The van der Waals surface area contributed by atoms with Crippen LogP contribution in [-0.2, 0) is 31.3 Å². The molecule has 64 heavy (non-hydrogen) atoms. The summed E-state index contributed by atoms with van der Waals surface area (Å²) >= 11 is 0. The molecule has 0 spiro atoms. The summed E-state index contributed by atoms with van der Waals surface area (Å²) in [6.07, 6.45) is 1.79. The van der Waals surface area contributed by atoms with E-state index in [2.05, 4.69) is 43.4 Å². The van der Waals surface area contributed by atoms with Crippen molar-refractivity contribution in [2.24, 2.45) is 0 Å². The number of benzene rings is 2. The van der Waals surface area contributed by atoms with E-state index in [0.717, 1.165) is 11.1 Å². The molecule has 346 valence electrons. The fourth-order valence-corrected chi connectivity index (χ4v) is 20.2. The first-order valence-corrected chi connectivity index (χ1v) is 38.9. The van der Waals surface area contributed by atoms with Crippen molar-refractivity contribution < 1.29 is 185 Å². The van der Waals surface area contributed by atoms with Crippen molar-refractivity contribution in [3.05, 3.63) is 59.7 Å². The van der Waals surface area contributed by atoms with Gasteiger partial charge in [0.2, 0.25) is 0 Å². The van der Waals surface area contributed by atoms with Gasteiger partial charge in [-0.25, -0.2) is 0 Å². The number of ether oxygens (including phenoxy) is 2. The molecule has 0 aliphatic heterocycles. The first-order valence-electron chi connectivity index (χ1n) is 20.5. The summed E-state index contributed by atoms with van der Waals surface area (Å²) in [6, 6.07) is 19.8. The maximum Gasteiger partial charge on any atom is 1.00 e. The Balaban J connectivity index is -0.00000930. The van der Waals surface area contributed by atoms with E-state index in [1.165, 1.54) is 65.8 Å². The van der Waals surface area contributed by atoms with Crippen LogP contribution in [0.3, 0.4) is 0 Å². The van der Waals surface area contributed by atoms with Gasteiger partial charge in [-0.15, -0.1) is 0 Å². The summed E-state index contributed by atoms with van der Waals surface area (Å²) in [7, 11) is -22.6. The second-order valence-corrected chi connectivity index (χ2v) is 41.2. The second-order valence-electron chi connectivity index (χ2n) is 18.3. The average Bonchev–Trinajstić information content (AvgIpc) is 3.08. The van der Waals surface area contributed by atoms with Gasteiger partial charge in [0, 0.05) is 60.1 Å². The van der Waals surface area contributed by atoms with Crippen LogP contribution in [0.1, 0.15) is 30.4 Å². The Kier molecular flexibility index (Phi) is 37.3. The van der Waals surface area contributed by atoms with E-state index in [9.17, 15) is 57.4 Å². The Morgan fingerprint density at radius 2 is 0.812 bits per heavy atom. The van der Waals surface area contributed by atoms with Crippen LogP contribution in [0.4, 0.5) is 0 Å². The minimum atomic E-state index is -4.75. The molecule has 4 unspecified atom stereocenters. The number of hydrogen-bond acceptors (Lipinski definition) is 12. The minimum absolute atomic E-state index is 0. The van der Waals surface area contributed by atoms with Gasteiger partial charge in [-0.1, -0.05) is 113 Å². The summed E-state index contributed by atoms with van der Waals surface area (Å²) < 4.78 is 57.7. The maximum absolute atomic E-state index is 11.3. The second kappa shape index (κ2) is 33.3. The van der Waals surface area contributed by atoms with Crippen molar-refractivity contribution in [2.45, 2.75) is 113 Å².